The first kappa shape index (κ1) is 13.2. The quantitative estimate of drug-likeness (QED) is 0.757. The summed E-state index contributed by atoms with van der Waals surface area (Å²) in [5, 5.41) is 0.619. The largest absolute Gasteiger partial charge is 0.309 e. The zero-order valence-electron chi connectivity index (χ0n) is 10.9. The predicted octanol–water partition coefficient (Wildman–Crippen LogP) is 4.57. The van der Waals surface area contributed by atoms with Gasteiger partial charge >= 0.3 is 0 Å². The summed E-state index contributed by atoms with van der Waals surface area (Å²) in [4.78, 5) is 9.03. The second-order valence-corrected chi connectivity index (χ2v) is 5.97. The lowest BCUT2D eigenvalue weighted by Gasteiger charge is -2.19. The number of aromatic nitrogens is 3. The molecule has 5 heteroatoms. The molecule has 2 heterocycles. The van der Waals surface area contributed by atoms with Crippen LogP contribution in [0.25, 0.3) is 11.2 Å². The normalized spacial score (nSPS) is 17.0. The van der Waals surface area contributed by atoms with Crippen LogP contribution in [0.2, 0.25) is 5.02 Å². The molecule has 0 aliphatic heterocycles. The van der Waals surface area contributed by atoms with Gasteiger partial charge in [-0.15, -0.1) is 11.6 Å². The number of hydrogen-bond donors (Lipinski definition) is 0. The molecule has 1 aliphatic rings. The van der Waals surface area contributed by atoms with E-state index in [1.54, 1.807) is 6.20 Å². The number of halogens is 2. The molecule has 0 saturated heterocycles. The summed E-state index contributed by atoms with van der Waals surface area (Å²) in [7, 11) is 0. The SMILES string of the molecule is CCC(CC1CC1)n1c(CCl)nc2cc(Cl)cnc21. The highest BCUT2D eigenvalue weighted by Gasteiger charge is 2.27. The lowest BCUT2D eigenvalue weighted by molar-refractivity contribution is 0.427. The van der Waals surface area contributed by atoms with Crippen LogP contribution in [0.5, 0.6) is 0 Å². The van der Waals surface area contributed by atoms with Crippen molar-refractivity contribution in [1.29, 1.82) is 0 Å². The Labute approximate surface area is 122 Å². The number of nitrogens with zero attached hydrogens (tertiary/aromatic N) is 3. The van der Waals surface area contributed by atoms with E-state index in [2.05, 4.69) is 21.5 Å². The Kier molecular flexibility index (Phi) is 3.68. The molecule has 1 atom stereocenters. The highest BCUT2D eigenvalue weighted by Crippen LogP contribution is 2.39. The van der Waals surface area contributed by atoms with Crippen molar-refractivity contribution in [3.05, 3.63) is 23.1 Å². The lowest BCUT2D eigenvalue weighted by atomic mass is 10.1. The van der Waals surface area contributed by atoms with Gasteiger partial charge in [0, 0.05) is 12.2 Å². The third-order valence-corrected chi connectivity index (χ3v) is 4.27. The van der Waals surface area contributed by atoms with Crippen molar-refractivity contribution in [2.75, 3.05) is 0 Å². The highest BCUT2D eigenvalue weighted by molar-refractivity contribution is 6.31. The standard InChI is InChI=1S/C14H17Cl2N3/c1-2-11(5-9-3-4-9)19-13(7-15)18-12-6-10(16)8-17-14(12)19/h6,8-9,11H,2-5,7H2,1H3. The van der Waals surface area contributed by atoms with Crippen LogP contribution in [0.15, 0.2) is 12.3 Å². The maximum Gasteiger partial charge on any atom is 0.160 e. The molecule has 0 aromatic carbocycles. The Balaban J connectivity index is 2.07. The van der Waals surface area contributed by atoms with E-state index in [-0.39, 0.29) is 0 Å². The summed E-state index contributed by atoms with van der Waals surface area (Å²) in [6.07, 6.45) is 6.69. The summed E-state index contributed by atoms with van der Waals surface area (Å²) < 4.78 is 2.22. The minimum atomic E-state index is 0.412. The van der Waals surface area contributed by atoms with Gasteiger partial charge in [-0.2, -0.15) is 0 Å². The van der Waals surface area contributed by atoms with Gasteiger partial charge in [-0.25, -0.2) is 9.97 Å². The Morgan fingerprint density at radius 2 is 2.26 bits per heavy atom. The van der Waals surface area contributed by atoms with Crippen molar-refractivity contribution < 1.29 is 0 Å². The molecule has 1 aliphatic carbocycles. The van der Waals surface area contributed by atoms with Crippen molar-refractivity contribution in [3.63, 3.8) is 0 Å². The number of hydrogen-bond acceptors (Lipinski definition) is 2. The third kappa shape index (κ3) is 2.59. The third-order valence-electron chi connectivity index (χ3n) is 3.83. The second kappa shape index (κ2) is 5.29. The monoisotopic (exact) mass is 297 g/mol. The topological polar surface area (TPSA) is 30.7 Å². The molecular weight excluding hydrogens is 281 g/mol. The summed E-state index contributed by atoms with van der Waals surface area (Å²) in [6, 6.07) is 2.31. The summed E-state index contributed by atoms with van der Waals surface area (Å²) in [5.74, 6) is 2.19. The number of rotatable bonds is 5. The molecule has 1 fully saturated rings. The van der Waals surface area contributed by atoms with E-state index >= 15 is 0 Å². The molecule has 0 spiro atoms. The maximum absolute atomic E-state index is 6.05. The van der Waals surface area contributed by atoms with Crippen LogP contribution in [0.1, 0.15) is 44.5 Å². The van der Waals surface area contributed by atoms with E-state index in [9.17, 15) is 0 Å². The summed E-state index contributed by atoms with van der Waals surface area (Å²) in [5.41, 5.74) is 1.75. The minimum Gasteiger partial charge on any atom is -0.309 e. The van der Waals surface area contributed by atoms with E-state index < -0.39 is 0 Å². The fourth-order valence-electron chi connectivity index (χ4n) is 2.68. The first-order valence-corrected chi connectivity index (χ1v) is 7.72. The molecule has 3 nitrogen and oxygen atoms in total. The smallest absolute Gasteiger partial charge is 0.160 e. The number of pyridine rings is 1. The van der Waals surface area contributed by atoms with Crippen molar-refractivity contribution in [2.24, 2.45) is 5.92 Å². The fourth-order valence-corrected chi connectivity index (χ4v) is 3.02. The fraction of sp³-hybridized carbons (Fsp3) is 0.571. The molecule has 0 amide bonds. The molecular formula is C14H17Cl2N3. The van der Waals surface area contributed by atoms with Gasteiger partial charge in [-0.1, -0.05) is 31.4 Å². The van der Waals surface area contributed by atoms with E-state index in [1.165, 1.54) is 19.3 Å². The van der Waals surface area contributed by atoms with E-state index in [0.29, 0.717) is 16.9 Å². The van der Waals surface area contributed by atoms with Gasteiger partial charge in [0.1, 0.15) is 11.3 Å². The molecule has 2 aromatic rings. The van der Waals surface area contributed by atoms with Crippen LogP contribution in [-0.2, 0) is 5.88 Å². The predicted molar refractivity (Wildman–Crippen MR) is 78.8 cm³/mol. The molecule has 102 valence electrons. The number of alkyl halides is 1. The van der Waals surface area contributed by atoms with Crippen LogP contribution in [0, 0.1) is 5.92 Å². The number of imidazole rings is 1. The Hall–Kier alpha value is -0.800. The molecule has 0 N–H and O–H groups in total. The van der Waals surface area contributed by atoms with Gasteiger partial charge in [0.05, 0.1) is 10.9 Å². The average Bonchev–Trinajstić information content (AvgIpc) is 3.15. The molecule has 0 bridgehead atoms. The zero-order chi connectivity index (χ0) is 13.4. The van der Waals surface area contributed by atoms with Gasteiger partial charge in [0.15, 0.2) is 5.65 Å². The Bertz CT molecular complexity index is 590. The van der Waals surface area contributed by atoms with E-state index in [4.69, 9.17) is 23.2 Å². The van der Waals surface area contributed by atoms with Crippen molar-refractivity contribution in [1.82, 2.24) is 14.5 Å². The minimum absolute atomic E-state index is 0.412. The van der Waals surface area contributed by atoms with E-state index in [0.717, 1.165) is 29.3 Å². The summed E-state index contributed by atoms with van der Waals surface area (Å²) >= 11 is 12.0. The van der Waals surface area contributed by atoms with Gasteiger partial charge < -0.3 is 4.57 Å². The van der Waals surface area contributed by atoms with Crippen LogP contribution in [0.4, 0.5) is 0 Å². The van der Waals surface area contributed by atoms with E-state index in [1.807, 2.05) is 6.07 Å². The maximum atomic E-state index is 6.05. The first-order valence-electron chi connectivity index (χ1n) is 6.81. The highest BCUT2D eigenvalue weighted by atomic mass is 35.5. The lowest BCUT2D eigenvalue weighted by Crippen LogP contribution is -2.12. The van der Waals surface area contributed by atoms with Crippen LogP contribution in [-0.4, -0.2) is 14.5 Å². The molecule has 1 unspecified atom stereocenters. The van der Waals surface area contributed by atoms with Crippen molar-refractivity contribution >= 4 is 34.4 Å². The van der Waals surface area contributed by atoms with Crippen molar-refractivity contribution in [3.8, 4) is 0 Å². The first-order chi connectivity index (χ1) is 9.22. The molecule has 2 aromatic heterocycles. The van der Waals surface area contributed by atoms with Gasteiger partial charge in [0.25, 0.3) is 0 Å². The second-order valence-electron chi connectivity index (χ2n) is 5.27. The van der Waals surface area contributed by atoms with Crippen LogP contribution < -0.4 is 0 Å². The molecule has 1 saturated carbocycles. The molecule has 3 rings (SSSR count). The zero-order valence-corrected chi connectivity index (χ0v) is 12.5. The van der Waals surface area contributed by atoms with Gasteiger partial charge in [-0.3, -0.25) is 0 Å². The number of fused-ring (bicyclic) bond motifs is 1. The van der Waals surface area contributed by atoms with Crippen LogP contribution >= 0.6 is 23.2 Å². The average molecular weight is 298 g/mol. The molecule has 19 heavy (non-hydrogen) atoms. The van der Waals surface area contributed by atoms with Gasteiger partial charge in [-0.05, 0) is 24.8 Å². The van der Waals surface area contributed by atoms with Crippen LogP contribution in [0.3, 0.4) is 0 Å². The summed E-state index contributed by atoms with van der Waals surface area (Å²) in [6.45, 7) is 2.22. The Morgan fingerprint density at radius 3 is 2.89 bits per heavy atom. The molecule has 0 radical (unpaired) electrons. The van der Waals surface area contributed by atoms with Gasteiger partial charge in [0.2, 0.25) is 0 Å². The Morgan fingerprint density at radius 1 is 1.47 bits per heavy atom. The van der Waals surface area contributed by atoms with Crippen molar-refractivity contribution in [2.45, 2.75) is 44.5 Å².